The van der Waals surface area contributed by atoms with Crippen molar-refractivity contribution in [1.82, 2.24) is 14.8 Å². The molecule has 1 aliphatic rings. The fourth-order valence-corrected chi connectivity index (χ4v) is 4.21. The highest BCUT2D eigenvalue weighted by Gasteiger charge is 2.28. The summed E-state index contributed by atoms with van der Waals surface area (Å²) in [5.74, 6) is -1.98. The van der Waals surface area contributed by atoms with E-state index in [2.05, 4.69) is 5.32 Å². The summed E-state index contributed by atoms with van der Waals surface area (Å²) in [5.41, 5.74) is 1.76. The number of hydrogen-bond acceptors (Lipinski definition) is 6. The van der Waals surface area contributed by atoms with Gasteiger partial charge in [0.05, 0.1) is 45.2 Å². The number of piperazine rings is 1. The van der Waals surface area contributed by atoms with Gasteiger partial charge in [0.2, 0.25) is 0 Å². The third kappa shape index (κ3) is 7.04. The highest BCUT2D eigenvalue weighted by molar-refractivity contribution is 6.04. The molecule has 2 heterocycles. The lowest BCUT2D eigenvalue weighted by molar-refractivity contribution is 0.00597. The Morgan fingerprint density at radius 1 is 0.892 bits per heavy atom. The summed E-state index contributed by atoms with van der Waals surface area (Å²) in [5, 5.41) is 3.55. The molecule has 8 nitrogen and oxygen atoms in total. The monoisotopic (exact) mass is 517 g/mol. The van der Waals surface area contributed by atoms with Crippen LogP contribution in [0.2, 0.25) is 0 Å². The molecule has 1 aliphatic heterocycles. The van der Waals surface area contributed by atoms with Crippen LogP contribution >= 0.6 is 0 Å². The summed E-state index contributed by atoms with van der Waals surface area (Å²) in [6, 6.07) is 12.1. The van der Waals surface area contributed by atoms with Crippen molar-refractivity contribution >= 4 is 16.8 Å². The SMILES string of the molecule is Cn1c(C(=O)N2CCNCC2)c(OCCOCCOCCOCc2ccccc2)c2cc(F)c(F)cc21. The summed E-state index contributed by atoms with van der Waals surface area (Å²) in [6.07, 6.45) is 0. The van der Waals surface area contributed by atoms with Crippen LogP contribution in [0, 0.1) is 11.6 Å². The molecule has 3 aromatic rings. The Hall–Kier alpha value is -3.05. The van der Waals surface area contributed by atoms with E-state index in [0.717, 1.165) is 17.7 Å². The molecule has 0 spiro atoms. The second-order valence-corrected chi connectivity index (χ2v) is 8.67. The highest BCUT2D eigenvalue weighted by atomic mass is 19.2. The highest BCUT2D eigenvalue weighted by Crippen LogP contribution is 2.35. The summed E-state index contributed by atoms with van der Waals surface area (Å²) >= 11 is 0. The van der Waals surface area contributed by atoms with Crippen LogP contribution in [0.4, 0.5) is 8.78 Å². The lowest BCUT2D eigenvalue weighted by atomic mass is 10.2. The van der Waals surface area contributed by atoms with E-state index in [4.69, 9.17) is 18.9 Å². The molecule has 2 aromatic carbocycles. The maximum Gasteiger partial charge on any atom is 0.274 e. The molecule has 0 saturated carbocycles. The van der Waals surface area contributed by atoms with Crippen molar-refractivity contribution in [3.05, 3.63) is 65.4 Å². The van der Waals surface area contributed by atoms with Crippen LogP contribution in [0.1, 0.15) is 16.1 Å². The average molecular weight is 518 g/mol. The number of halogens is 2. The summed E-state index contributed by atoms with van der Waals surface area (Å²) in [4.78, 5) is 15.0. The van der Waals surface area contributed by atoms with Gasteiger partial charge >= 0.3 is 0 Å². The third-order valence-electron chi connectivity index (χ3n) is 6.13. The maximum absolute atomic E-state index is 14.1. The van der Waals surface area contributed by atoms with Crippen molar-refractivity contribution in [3.8, 4) is 5.75 Å². The van der Waals surface area contributed by atoms with Gasteiger partial charge in [0.1, 0.15) is 6.61 Å². The van der Waals surface area contributed by atoms with Gasteiger partial charge in [-0.05, 0) is 11.6 Å². The van der Waals surface area contributed by atoms with E-state index in [1.807, 2.05) is 30.3 Å². The number of aryl methyl sites for hydroxylation is 1. The Labute approximate surface area is 215 Å². The largest absolute Gasteiger partial charge is 0.488 e. The Morgan fingerprint density at radius 3 is 2.22 bits per heavy atom. The average Bonchev–Trinajstić information content (AvgIpc) is 3.18. The Balaban J connectivity index is 1.25. The molecule has 200 valence electrons. The van der Waals surface area contributed by atoms with Crippen LogP contribution in [-0.4, -0.2) is 81.2 Å². The number of benzene rings is 2. The molecular formula is C27H33F2N3O5. The first-order chi connectivity index (χ1) is 18.1. The van der Waals surface area contributed by atoms with E-state index in [0.29, 0.717) is 70.1 Å². The minimum atomic E-state index is -0.995. The van der Waals surface area contributed by atoms with Gasteiger partial charge in [-0.15, -0.1) is 0 Å². The van der Waals surface area contributed by atoms with Crippen molar-refractivity contribution in [3.63, 3.8) is 0 Å². The molecule has 1 aromatic heterocycles. The third-order valence-corrected chi connectivity index (χ3v) is 6.13. The molecule has 0 atom stereocenters. The van der Waals surface area contributed by atoms with Crippen molar-refractivity contribution < 1.29 is 32.5 Å². The number of aromatic nitrogens is 1. The van der Waals surface area contributed by atoms with Crippen LogP contribution < -0.4 is 10.1 Å². The quantitative estimate of drug-likeness (QED) is 0.351. The minimum Gasteiger partial charge on any atom is -0.488 e. The van der Waals surface area contributed by atoms with E-state index >= 15 is 0 Å². The number of nitrogens with one attached hydrogen (secondary N) is 1. The molecule has 10 heteroatoms. The number of fused-ring (bicyclic) bond motifs is 1. The number of ether oxygens (including phenoxy) is 4. The lowest BCUT2D eigenvalue weighted by Gasteiger charge is -2.27. The zero-order valence-corrected chi connectivity index (χ0v) is 21.0. The van der Waals surface area contributed by atoms with Gasteiger partial charge in [0, 0.05) is 44.7 Å². The maximum atomic E-state index is 14.1. The van der Waals surface area contributed by atoms with Gasteiger partial charge < -0.3 is 33.7 Å². The number of rotatable bonds is 13. The smallest absolute Gasteiger partial charge is 0.274 e. The molecule has 4 rings (SSSR count). The predicted octanol–water partition coefficient (Wildman–Crippen LogP) is 3.13. The molecule has 37 heavy (non-hydrogen) atoms. The predicted molar refractivity (Wildman–Crippen MR) is 135 cm³/mol. The van der Waals surface area contributed by atoms with E-state index in [1.54, 1.807) is 16.5 Å². The van der Waals surface area contributed by atoms with Gasteiger partial charge in [-0.2, -0.15) is 0 Å². The van der Waals surface area contributed by atoms with E-state index in [9.17, 15) is 13.6 Å². The van der Waals surface area contributed by atoms with Crippen molar-refractivity contribution in [2.45, 2.75) is 6.61 Å². The fraction of sp³-hybridized carbons (Fsp3) is 0.444. The first kappa shape index (κ1) is 27.0. The number of nitrogens with zero attached hydrogens (tertiary/aromatic N) is 2. The molecule has 1 amide bonds. The van der Waals surface area contributed by atoms with Gasteiger partial charge in [0.15, 0.2) is 23.1 Å². The first-order valence-electron chi connectivity index (χ1n) is 12.4. The normalized spacial score (nSPS) is 13.9. The lowest BCUT2D eigenvalue weighted by Crippen LogP contribution is -2.46. The Bertz CT molecular complexity index is 1170. The van der Waals surface area contributed by atoms with Gasteiger partial charge in [-0.25, -0.2) is 8.78 Å². The van der Waals surface area contributed by atoms with Crippen LogP contribution in [0.3, 0.4) is 0 Å². The number of hydrogen-bond donors (Lipinski definition) is 1. The summed E-state index contributed by atoms with van der Waals surface area (Å²) in [7, 11) is 1.65. The van der Waals surface area contributed by atoms with E-state index in [1.165, 1.54) is 0 Å². The fourth-order valence-electron chi connectivity index (χ4n) is 4.21. The number of carbonyl (C=O) groups excluding carboxylic acids is 1. The molecule has 0 aliphatic carbocycles. The Kier molecular flexibility index (Phi) is 9.84. The first-order valence-corrected chi connectivity index (χ1v) is 12.4. The standard InChI is InChI=1S/C27H33F2N3O5/c1-31-24-18-23(29)22(28)17-21(24)26(25(31)27(33)32-9-7-30-8-10-32)37-16-15-35-12-11-34-13-14-36-19-20-5-3-2-4-6-20/h2-6,17-18,30H,7-16,19H2,1H3. The van der Waals surface area contributed by atoms with Gasteiger partial charge in [-0.1, -0.05) is 30.3 Å². The van der Waals surface area contributed by atoms with Crippen LogP contribution in [-0.2, 0) is 27.9 Å². The van der Waals surface area contributed by atoms with Gasteiger partial charge in [-0.3, -0.25) is 4.79 Å². The van der Waals surface area contributed by atoms with Crippen LogP contribution in [0.15, 0.2) is 42.5 Å². The zero-order valence-electron chi connectivity index (χ0n) is 21.0. The van der Waals surface area contributed by atoms with Crippen molar-refractivity contribution in [1.29, 1.82) is 0 Å². The van der Waals surface area contributed by atoms with E-state index < -0.39 is 11.6 Å². The molecule has 0 bridgehead atoms. The van der Waals surface area contributed by atoms with Crippen molar-refractivity contribution in [2.75, 3.05) is 65.8 Å². The second kappa shape index (κ2) is 13.5. The summed E-state index contributed by atoms with van der Waals surface area (Å²) in [6.45, 7) is 5.10. The Morgan fingerprint density at radius 2 is 1.51 bits per heavy atom. The molecule has 0 radical (unpaired) electrons. The second-order valence-electron chi connectivity index (χ2n) is 8.67. The molecule has 1 saturated heterocycles. The number of carbonyl (C=O) groups is 1. The number of amides is 1. The van der Waals surface area contributed by atoms with Crippen LogP contribution in [0.5, 0.6) is 5.75 Å². The topological polar surface area (TPSA) is 74.2 Å². The van der Waals surface area contributed by atoms with Crippen molar-refractivity contribution in [2.24, 2.45) is 7.05 Å². The molecule has 1 fully saturated rings. The zero-order chi connectivity index (χ0) is 26.0. The minimum absolute atomic E-state index is 0.139. The summed E-state index contributed by atoms with van der Waals surface area (Å²) < 4.78 is 52.2. The molecule has 0 unspecified atom stereocenters. The van der Waals surface area contributed by atoms with Crippen LogP contribution in [0.25, 0.3) is 10.9 Å². The van der Waals surface area contributed by atoms with E-state index in [-0.39, 0.29) is 30.6 Å². The molecule has 1 N–H and O–H groups in total. The molecular weight excluding hydrogens is 484 g/mol. The van der Waals surface area contributed by atoms with Gasteiger partial charge in [0.25, 0.3) is 5.91 Å².